The van der Waals surface area contributed by atoms with E-state index in [-0.39, 0.29) is 11.4 Å². The van der Waals surface area contributed by atoms with E-state index >= 15 is 0 Å². The summed E-state index contributed by atoms with van der Waals surface area (Å²) in [4.78, 5) is 13.4. The number of nitrogens with zero attached hydrogens (tertiary/aromatic N) is 4. The number of rotatable bonds is 7. The average Bonchev–Trinajstić information content (AvgIpc) is 3.30. The van der Waals surface area contributed by atoms with E-state index in [0.717, 1.165) is 28.1 Å². The van der Waals surface area contributed by atoms with Crippen molar-refractivity contribution in [2.75, 3.05) is 12.4 Å². The lowest BCUT2D eigenvalue weighted by Gasteiger charge is -2.15. The number of benzene rings is 2. The molecule has 2 aromatic heterocycles. The predicted molar refractivity (Wildman–Crippen MR) is 123 cm³/mol. The lowest BCUT2D eigenvalue weighted by Crippen LogP contribution is -2.30. The molecule has 0 saturated carbocycles. The van der Waals surface area contributed by atoms with Crippen LogP contribution >= 0.6 is 11.8 Å². The first-order valence-electron chi connectivity index (χ1n) is 9.79. The third-order valence-corrected chi connectivity index (χ3v) is 5.85. The van der Waals surface area contributed by atoms with E-state index in [1.807, 2.05) is 80.8 Å². The maximum absolute atomic E-state index is 13.4. The van der Waals surface area contributed by atoms with Crippen molar-refractivity contribution < 1.29 is 4.74 Å². The van der Waals surface area contributed by atoms with Crippen LogP contribution in [0, 0.1) is 13.8 Å². The monoisotopic (exact) mass is 433 g/mol. The Morgan fingerprint density at radius 1 is 1.00 bits per heavy atom. The number of nitrogens with one attached hydrogen (secondary N) is 1. The Bertz CT molecular complexity index is 1230. The molecule has 0 bridgehead atoms. The van der Waals surface area contributed by atoms with Crippen molar-refractivity contribution in [2.24, 2.45) is 0 Å². The van der Waals surface area contributed by atoms with Gasteiger partial charge in [-0.1, -0.05) is 42.1 Å². The van der Waals surface area contributed by atoms with Gasteiger partial charge in [0, 0.05) is 23.8 Å². The molecule has 158 valence electrons. The summed E-state index contributed by atoms with van der Waals surface area (Å²) < 4.78 is 8.53. The number of aryl methyl sites for hydroxylation is 2. The normalized spacial score (nSPS) is 10.8. The van der Waals surface area contributed by atoms with Gasteiger partial charge in [-0.3, -0.25) is 9.47 Å². The van der Waals surface area contributed by atoms with Gasteiger partial charge in [-0.2, -0.15) is 4.68 Å². The first-order valence-corrected chi connectivity index (χ1v) is 10.8. The van der Waals surface area contributed by atoms with Crippen LogP contribution in [0.1, 0.15) is 16.7 Å². The third kappa shape index (κ3) is 4.49. The Morgan fingerprint density at radius 3 is 2.42 bits per heavy atom. The number of para-hydroxylation sites is 1. The van der Waals surface area contributed by atoms with E-state index in [4.69, 9.17) is 4.74 Å². The number of thioether (sulfide) groups is 1. The second-order valence-electron chi connectivity index (χ2n) is 7.04. The van der Waals surface area contributed by atoms with Crippen LogP contribution in [-0.4, -0.2) is 26.7 Å². The summed E-state index contributed by atoms with van der Waals surface area (Å²) in [7, 11) is 1.64. The lowest BCUT2D eigenvalue weighted by atomic mass is 10.1. The molecule has 0 saturated heterocycles. The Morgan fingerprint density at radius 2 is 1.71 bits per heavy atom. The Kier molecular flexibility index (Phi) is 6.08. The summed E-state index contributed by atoms with van der Waals surface area (Å²) in [6.07, 6.45) is 3.61. The number of methoxy groups -OCH3 is 1. The third-order valence-electron chi connectivity index (χ3n) is 4.86. The van der Waals surface area contributed by atoms with E-state index in [1.54, 1.807) is 11.8 Å². The highest BCUT2D eigenvalue weighted by Crippen LogP contribution is 2.25. The molecule has 1 N–H and O–H groups in total. The van der Waals surface area contributed by atoms with Crippen molar-refractivity contribution in [3.8, 4) is 5.75 Å². The zero-order valence-corrected chi connectivity index (χ0v) is 18.4. The Labute approximate surface area is 184 Å². The van der Waals surface area contributed by atoms with Crippen LogP contribution < -0.4 is 15.6 Å². The average molecular weight is 434 g/mol. The van der Waals surface area contributed by atoms with E-state index in [1.165, 1.54) is 16.4 Å². The first kappa shape index (κ1) is 20.7. The maximum Gasteiger partial charge on any atom is 0.316 e. The summed E-state index contributed by atoms with van der Waals surface area (Å²) in [5.41, 5.74) is 3.72. The molecule has 0 amide bonds. The lowest BCUT2D eigenvalue weighted by molar-refractivity contribution is 0.414. The molecular weight excluding hydrogens is 410 g/mol. The molecule has 0 aliphatic carbocycles. The molecule has 0 atom stereocenters. The fraction of sp³-hybridized carbons (Fsp3) is 0.174. The van der Waals surface area contributed by atoms with Gasteiger partial charge in [-0.15, -0.1) is 10.2 Å². The molecule has 0 aliphatic rings. The van der Waals surface area contributed by atoms with Crippen molar-refractivity contribution >= 4 is 23.3 Å². The van der Waals surface area contributed by atoms with E-state index in [0.29, 0.717) is 10.9 Å². The highest BCUT2D eigenvalue weighted by molar-refractivity contribution is 7.98. The highest BCUT2D eigenvalue weighted by Gasteiger charge is 2.16. The quantitative estimate of drug-likeness (QED) is 0.435. The van der Waals surface area contributed by atoms with Gasteiger partial charge in [-0.25, -0.2) is 0 Å². The van der Waals surface area contributed by atoms with E-state index in [2.05, 4.69) is 15.5 Å². The number of anilines is 2. The topological polar surface area (TPSA) is 74.0 Å². The molecule has 0 fully saturated rings. The van der Waals surface area contributed by atoms with Crippen LogP contribution in [0.3, 0.4) is 0 Å². The summed E-state index contributed by atoms with van der Waals surface area (Å²) in [5, 5.41) is 12.3. The zero-order valence-electron chi connectivity index (χ0n) is 17.6. The molecule has 0 spiro atoms. The molecule has 2 aromatic carbocycles. The molecule has 0 radical (unpaired) electrons. The van der Waals surface area contributed by atoms with Gasteiger partial charge in [0.05, 0.1) is 7.11 Å². The van der Waals surface area contributed by atoms with Crippen LogP contribution in [0.4, 0.5) is 11.5 Å². The van der Waals surface area contributed by atoms with Gasteiger partial charge in [0.25, 0.3) is 0 Å². The number of ether oxygens (including phenoxy) is 1. The van der Waals surface area contributed by atoms with E-state index < -0.39 is 0 Å². The standard InChI is InChI=1S/C23H23N5O2S/c1-16-8-6-9-17(2)20(16)24-21-22(29)28(27-12-4-5-13-27)23(26-25-21)31-15-18-10-7-11-19(14-18)30-3/h4-14H,15H2,1-3H3,(H,24,25). The van der Waals surface area contributed by atoms with Gasteiger partial charge in [0.2, 0.25) is 11.0 Å². The number of hydrogen-bond donors (Lipinski definition) is 1. The van der Waals surface area contributed by atoms with Crippen LogP contribution in [-0.2, 0) is 5.75 Å². The molecule has 4 aromatic rings. The number of hydrogen-bond acceptors (Lipinski definition) is 6. The SMILES string of the molecule is COc1cccc(CSc2nnc(Nc3c(C)cccc3C)c(=O)n2-n2cccc2)c1. The number of aromatic nitrogens is 4. The van der Waals surface area contributed by atoms with Crippen molar-refractivity contribution in [3.63, 3.8) is 0 Å². The molecule has 0 aliphatic heterocycles. The summed E-state index contributed by atoms with van der Waals surface area (Å²) in [6, 6.07) is 17.5. The summed E-state index contributed by atoms with van der Waals surface area (Å²) in [6.45, 7) is 3.98. The van der Waals surface area contributed by atoms with Gasteiger partial charge in [0.15, 0.2) is 0 Å². The molecule has 31 heavy (non-hydrogen) atoms. The van der Waals surface area contributed by atoms with Crippen LogP contribution in [0.15, 0.2) is 76.9 Å². The molecule has 8 heteroatoms. The second kappa shape index (κ2) is 9.09. The molecule has 0 unspecified atom stereocenters. The Hall–Kier alpha value is -3.52. The first-order chi connectivity index (χ1) is 15.1. The van der Waals surface area contributed by atoms with Crippen molar-refractivity contribution in [2.45, 2.75) is 24.8 Å². The smallest absolute Gasteiger partial charge is 0.316 e. The van der Waals surface area contributed by atoms with Gasteiger partial charge < -0.3 is 10.1 Å². The second-order valence-corrected chi connectivity index (χ2v) is 7.99. The predicted octanol–water partition coefficient (Wildman–Crippen LogP) is 4.41. The minimum Gasteiger partial charge on any atom is -0.497 e. The van der Waals surface area contributed by atoms with Crippen molar-refractivity contribution in [3.05, 3.63) is 94.0 Å². The Balaban J connectivity index is 1.69. The van der Waals surface area contributed by atoms with Crippen molar-refractivity contribution in [1.29, 1.82) is 0 Å². The van der Waals surface area contributed by atoms with Crippen LogP contribution in [0.5, 0.6) is 5.75 Å². The minimum absolute atomic E-state index is 0.178. The molecule has 4 rings (SSSR count). The van der Waals surface area contributed by atoms with Crippen LogP contribution in [0.2, 0.25) is 0 Å². The van der Waals surface area contributed by atoms with Gasteiger partial charge >= 0.3 is 5.56 Å². The maximum atomic E-state index is 13.4. The minimum atomic E-state index is -0.276. The summed E-state index contributed by atoms with van der Waals surface area (Å²) in [5.74, 6) is 1.59. The molecule has 7 nitrogen and oxygen atoms in total. The van der Waals surface area contributed by atoms with Crippen LogP contribution in [0.25, 0.3) is 0 Å². The largest absolute Gasteiger partial charge is 0.497 e. The van der Waals surface area contributed by atoms with Crippen molar-refractivity contribution in [1.82, 2.24) is 19.5 Å². The fourth-order valence-electron chi connectivity index (χ4n) is 3.24. The summed E-state index contributed by atoms with van der Waals surface area (Å²) >= 11 is 1.44. The van der Waals surface area contributed by atoms with E-state index in [9.17, 15) is 4.79 Å². The van der Waals surface area contributed by atoms with Gasteiger partial charge in [-0.05, 0) is 54.8 Å². The molecule has 2 heterocycles. The highest BCUT2D eigenvalue weighted by atomic mass is 32.2. The van der Waals surface area contributed by atoms with Gasteiger partial charge in [0.1, 0.15) is 5.75 Å². The zero-order chi connectivity index (χ0) is 21.8. The fourth-order valence-corrected chi connectivity index (χ4v) is 4.11. The molecular formula is C23H23N5O2S.